The lowest BCUT2D eigenvalue weighted by molar-refractivity contribution is -0.120. The van der Waals surface area contributed by atoms with E-state index in [2.05, 4.69) is 10.6 Å². The summed E-state index contributed by atoms with van der Waals surface area (Å²) < 4.78 is 15.6. The highest BCUT2D eigenvalue weighted by Gasteiger charge is 2.39. The molecular weight excluding hydrogens is 538 g/mol. The Kier molecular flexibility index (Phi) is 8.70. The number of rotatable bonds is 10. The number of imide groups is 1. The van der Waals surface area contributed by atoms with Crippen molar-refractivity contribution in [2.24, 2.45) is 0 Å². The second-order valence-corrected chi connectivity index (χ2v) is 8.92. The predicted octanol–water partition coefficient (Wildman–Crippen LogP) is 4.96. The zero-order valence-electron chi connectivity index (χ0n) is 21.9. The summed E-state index contributed by atoms with van der Waals surface area (Å²) in [5.41, 5.74) is 1.45. The number of anilines is 3. The summed E-state index contributed by atoms with van der Waals surface area (Å²) in [6, 6.07) is 17.2. The molecule has 1 aliphatic rings. The molecule has 0 saturated heterocycles. The standard InChI is InChI=1S/C29H26ClN3O7/c1-4-14-40-29(37)17-8-10-20(11-9-17)33-27(35)24(30)25(28(33)36)31-19-7-5-6-18(15-19)26(34)32-22-13-12-21(38-2)16-23(22)39-3/h5-13,15-16,31H,4,14H2,1-3H3,(H,32,34). The van der Waals surface area contributed by atoms with Gasteiger partial charge in [-0.05, 0) is 61.0 Å². The van der Waals surface area contributed by atoms with E-state index in [1.807, 2.05) is 6.92 Å². The highest BCUT2D eigenvalue weighted by Crippen LogP contribution is 2.32. The zero-order chi connectivity index (χ0) is 28.8. The third-order valence-corrected chi connectivity index (χ3v) is 6.23. The first-order chi connectivity index (χ1) is 19.3. The van der Waals surface area contributed by atoms with Crippen LogP contribution in [0, 0.1) is 0 Å². The van der Waals surface area contributed by atoms with Crippen LogP contribution >= 0.6 is 11.6 Å². The van der Waals surface area contributed by atoms with E-state index in [4.69, 9.17) is 25.8 Å². The van der Waals surface area contributed by atoms with Crippen molar-refractivity contribution in [3.05, 3.63) is 88.6 Å². The van der Waals surface area contributed by atoms with Gasteiger partial charge in [0.1, 0.15) is 22.2 Å². The Labute approximate surface area is 235 Å². The fourth-order valence-electron chi connectivity index (χ4n) is 3.85. The first-order valence-electron chi connectivity index (χ1n) is 12.2. The van der Waals surface area contributed by atoms with Gasteiger partial charge in [-0.15, -0.1) is 0 Å². The SMILES string of the molecule is CCCOC(=O)c1ccc(N2C(=O)C(Cl)=C(Nc3cccc(C(=O)Nc4ccc(OC)cc4OC)c3)C2=O)cc1. The minimum Gasteiger partial charge on any atom is -0.497 e. The molecule has 1 aliphatic heterocycles. The molecule has 4 rings (SSSR count). The van der Waals surface area contributed by atoms with Crippen molar-refractivity contribution in [1.82, 2.24) is 0 Å². The van der Waals surface area contributed by atoms with Crippen molar-refractivity contribution in [2.75, 3.05) is 36.4 Å². The summed E-state index contributed by atoms with van der Waals surface area (Å²) in [7, 11) is 3.00. The topological polar surface area (TPSA) is 123 Å². The zero-order valence-corrected chi connectivity index (χ0v) is 22.7. The molecule has 10 nitrogen and oxygen atoms in total. The molecule has 0 aliphatic carbocycles. The van der Waals surface area contributed by atoms with Gasteiger partial charge in [0, 0.05) is 17.3 Å². The van der Waals surface area contributed by atoms with Gasteiger partial charge in [0.15, 0.2) is 0 Å². The second-order valence-electron chi connectivity index (χ2n) is 8.54. The fourth-order valence-corrected chi connectivity index (χ4v) is 4.06. The van der Waals surface area contributed by atoms with Gasteiger partial charge in [0.25, 0.3) is 17.7 Å². The molecule has 2 N–H and O–H groups in total. The number of methoxy groups -OCH3 is 2. The van der Waals surface area contributed by atoms with Crippen LogP contribution in [-0.2, 0) is 14.3 Å². The normalized spacial score (nSPS) is 12.8. The van der Waals surface area contributed by atoms with E-state index in [9.17, 15) is 19.2 Å². The molecule has 3 aromatic rings. The summed E-state index contributed by atoms with van der Waals surface area (Å²) in [5.74, 6) is -1.35. The monoisotopic (exact) mass is 563 g/mol. The van der Waals surface area contributed by atoms with E-state index in [0.29, 0.717) is 29.3 Å². The first-order valence-corrected chi connectivity index (χ1v) is 12.6. The maximum atomic E-state index is 13.2. The van der Waals surface area contributed by atoms with E-state index in [0.717, 1.165) is 4.90 Å². The molecule has 0 unspecified atom stereocenters. The number of benzene rings is 3. The van der Waals surface area contributed by atoms with Crippen molar-refractivity contribution in [3.63, 3.8) is 0 Å². The van der Waals surface area contributed by atoms with Crippen LogP contribution in [0.3, 0.4) is 0 Å². The molecule has 0 saturated carbocycles. The summed E-state index contributed by atoms with van der Waals surface area (Å²) in [5, 5.41) is 5.33. The van der Waals surface area contributed by atoms with Gasteiger partial charge >= 0.3 is 5.97 Å². The molecule has 11 heteroatoms. The summed E-state index contributed by atoms with van der Waals surface area (Å²) >= 11 is 6.25. The van der Waals surface area contributed by atoms with E-state index in [1.54, 1.807) is 36.4 Å². The van der Waals surface area contributed by atoms with Crippen LogP contribution in [-0.4, -0.2) is 44.5 Å². The minimum absolute atomic E-state index is 0.146. The highest BCUT2D eigenvalue weighted by atomic mass is 35.5. The van der Waals surface area contributed by atoms with Crippen LogP contribution in [0.15, 0.2) is 77.5 Å². The van der Waals surface area contributed by atoms with Gasteiger partial charge in [-0.1, -0.05) is 24.6 Å². The molecule has 0 fully saturated rings. The Hall–Kier alpha value is -4.83. The lowest BCUT2D eigenvalue weighted by Gasteiger charge is -2.16. The highest BCUT2D eigenvalue weighted by molar-refractivity contribution is 6.53. The van der Waals surface area contributed by atoms with Gasteiger partial charge in [-0.3, -0.25) is 14.4 Å². The molecule has 206 valence electrons. The van der Waals surface area contributed by atoms with Gasteiger partial charge < -0.3 is 24.8 Å². The number of nitrogens with one attached hydrogen (secondary N) is 2. The Morgan fingerprint density at radius 3 is 2.33 bits per heavy atom. The van der Waals surface area contributed by atoms with Gasteiger partial charge in [0.05, 0.1) is 37.8 Å². The van der Waals surface area contributed by atoms with Gasteiger partial charge in [-0.2, -0.15) is 0 Å². The lowest BCUT2D eigenvalue weighted by Crippen LogP contribution is -2.32. The van der Waals surface area contributed by atoms with Crippen LogP contribution in [0.1, 0.15) is 34.1 Å². The summed E-state index contributed by atoms with van der Waals surface area (Å²) in [6.45, 7) is 2.17. The minimum atomic E-state index is -0.726. The first kappa shape index (κ1) is 28.2. The molecule has 1 heterocycles. The second kappa shape index (κ2) is 12.4. The van der Waals surface area contributed by atoms with Crippen LogP contribution in [0.2, 0.25) is 0 Å². The molecule has 40 heavy (non-hydrogen) atoms. The predicted molar refractivity (Wildman–Crippen MR) is 150 cm³/mol. The molecule has 0 aromatic heterocycles. The lowest BCUT2D eigenvalue weighted by atomic mass is 10.1. The summed E-state index contributed by atoms with van der Waals surface area (Å²) in [4.78, 5) is 52.0. The molecule has 0 atom stereocenters. The number of hydrogen-bond acceptors (Lipinski definition) is 8. The molecule has 0 bridgehead atoms. The molecule has 0 spiro atoms. The van der Waals surface area contributed by atoms with Crippen LogP contribution in [0.5, 0.6) is 11.5 Å². The number of carbonyl (C=O) groups is 4. The Bertz CT molecular complexity index is 1500. The number of carbonyl (C=O) groups excluding carboxylic acids is 4. The van der Waals surface area contributed by atoms with Crippen LogP contribution in [0.4, 0.5) is 17.1 Å². The Balaban J connectivity index is 1.49. The average Bonchev–Trinajstić information content (AvgIpc) is 3.18. The number of hydrogen-bond donors (Lipinski definition) is 2. The van der Waals surface area contributed by atoms with Crippen molar-refractivity contribution in [1.29, 1.82) is 0 Å². The average molecular weight is 564 g/mol. The smallest absolute Gasteiger partial charge is 0.338 e. The maximum absolute atomic E-state index is 13.2. The molecule has 0 radical (unpaired) electrons. The number of halogens is 1. The Morgan fingerprint density at radius 1 is 0.900 bits per heavy atom. The molecule has 3 amide bonds. The largest absolute Gasteiger partial charge is 0.497 e. The third-order valence-electron chi connectivity index (χ3n) is 5.88. The van der Waals surface area contributed by atoms with Gasteiger partial charge in [-0.25, -0.2) is 9.69 Å². The third kappa shape index (κ3) is 5.92. The van der Waals surface area contributed by atoms with E-state index in [-0.39, 0.29) is 34.2 Å². The number of esters is 1. The van der Waals surface area contributed by atoms with Crippen molar-refractivity contribution >= 4 is 52.4 Å². The quantitative estimate of drug-likeness (QED) is 0.262. The van der Waals surface area contributed by atoms with E-state index >= 15 is 0 Å². The number of amides is 3. The fraction of sp³-hybridized carbons (Fsp3) is 0.172. The molecular formula is C29H26ClN3O7. The Morgan fingerprint density at radius 2 is 1.65 bits per heavy atom. The van der Waals surface area contributed by atoms with Crippen molar-refractivity contribution in [2.45, 2.75) is 13.3 Å². The van der Waals surface area contributed by atoms with Crippen LogP contribution < -0.4 is 25.0 Å². The van der Waals surface area contributed by atoms with E-state index in [1.165, 1.54) is 44.6 Å². The number of ether oxygens (including phenoxy) is 3. The van der Waals surface area contributed by atoms with E-state index < -0.39 is 23.7 Å². The van der Waals surface area contributed by atoms with Crippen molar-refractivity contribution < 1.29 is 33.4 Å². The number of nitrogens with zero attached hydrogens (tertiary/aromatic N) is 1. The van der Waals surface area contributed by atoms with Crippen LogP contribution in [0.25, 0.3) is 0 Å². The molecule has 3 aromatic carbocycles. The van der Waals surface area contributed by atoms with Gasteiger partial charge in [0.2, 0.25) is 0 Å². The summed E-state index contributed by atoms with van der Waals surface area (Å²) in [6.07, 6.45) is 0.686. The maximum Gasteiger partial charge on any atom is 0.338 e. The van der Waals surface area contributed by atoms with Crippen molar-refractivity contribution in [3.8, 4) is 11.5 Å².